The zero-order valence-corrected chi connectivity index (χ0v) is 17.9. The van der Waals surface area contributed by atoms with Gasteiger partial charge in [-0.05, 0) is 42.7 Å². The first-order valence-corrected chi connectivity index (χ1v) is 10.2. The molecule has 4 rings (SSSR count). The first kappa shape index (κ1) is 20.6. The number of hydrogen-bond donors (Lipinski definition) is 2. The Labute approximate surface area is 185 Å². The largest absolute Gasteiger partial charge is 0.478 e. The zero-order valence-electron chi connectivity index (χ0n) is 17.1. The number of para-hydroxylation sites is 1. The third-order valence-corrected chi connectivity index (χ3v) is 5.30. The minimum Gasteiger partial charge on any atom is -0.478 e. The van der Waals surface area contributed by atoms with Crippen LogP contribution in [0.15, 0.2) is 67.0 Å². The minimum atomic E-state index is -1.01. The molecule has 2 N–H and O–H groups in total. The summed E-state index contributed by atoms with van der Waals surface area (Å²) in [5.41, 5.74) is 5.09. The van der Waals surface area contributed by atoms with Crippen molar-refractivity contribution in [3.63, 3.8) is 0 Å². The lowest BCUT2D eigenvalue weighted by atomic mass is 10.1. The fourth-order valence-corrected chi connectivity index (χ4v) is 3.73. The quantitative estimate of drug-likeness (QED) is 0.396. The number of aromatic carboxylic acids is 1. The molecule has 0 aliphatic heterocycles. The van der Waals surface area contributed by atoms with Gasteiger partial charge in [-0.2, -0.15) is 5.10 Å². The van der Waals surface area contributed by atoms with Crippen LogP contribution in [0.5, 0.6) is 0 Å². The summed E-state index contributed by atoms with van der Waals surface area (Å²) in [7, 11) is 0. The summed E-state index contributed by atoms with van der Waals surface area (Å²) in [4.78, 5) is 15.8. The number of halogens is 1. The Hall–Kier alpha value is -3.64. The predicted molar refractivity (Wildman–Crippen MR) is 123 cm³/mol. The van der Waals surface area contributed by atoms with E-state index in [0.29, 0.717) is 22.2 Å². The van der Waals surface area contributed by atoms with Crippen LogP contribution in [0.25, 0.3) is 16.9 Å². The number of pyridine rings is 1. The molecule has 0 saturated carbocycles. The van der Waals surface area contributed by atoms with E-state index in [4.69, 9.17) is 16.7 Å². The van der Waals surface area contributed by atoms with Crippen LogP contribution in [0.1, 0.15) is 28.4 Å². The van der Waals surface area contributed by atoms with Gasteiger partial charge in [0.2, 0.25) is 0 Å². The molecule has 0 bridgehead atoms. The highest BCUT2D eigenvalue weighted by atomic mass is 35.5. The molecule has 0 saturated heterocycles. The normalized spacial score (nSPS) is 10.8. The third-order valence-electron chi connectivity index (χ3n) is 5.03. The van der Waals surface area contributed by atoms with Gasteiger partial charge >= 0.3 is 5.97 Å². The number of aromatic nitrogens is 3. The Bertz CT molecular complexity index is 1250. The van der Waals surface area contributed by atoms with Crippen LogP contribution in [-0.4, -0.2) is 25.8 Å². The smallest absolute Gasteiger partial charge is 0.337 e. The van der Waals surface area contributed by atoms with Crippen LogP contribution in [0, 0.1) is 6.92 Å². The molecular weight excluding hydrogens is 412 g/mol. The lowest BCUT2D eigenvalue weighted by molar-refractivity contribution is 0.0698. The summed E-state index contributed by atoms with van der Waals surface area (Å²) in [6.45, 7) is 4.01. The average Bonchev–Trinajstić information content (AvgIpc) is 3.17. The zero-order chi connectivity index (χ0) is 22.0. The van der Waals surface area contributed by atoms with E-state index in [0.717, 1.165) is 23.2 Å². The second-order valence-corrected chi connectivity index (χ2v) is 7.55. The highest BCUT2D eigenvalue weighted by molar-refractivity contribution is 6.32. The van der Waals surface area contributed by atoms with Crippen molar-refractivity contribution in [2.75, 3.05) is 5.32 Å². The summed E-state index contributed by atoms with van der Waals surface area (Å²) < 4.78 is 1.70. The number of carboxylic acid groups (broad SMARTS) is 1. The summed E-state index contributed by atoms with van der Waals surface area (Å²) in [5.74, 6) is -0.412. The van der Waals surface area contributed by atoms with Crippen LogP contribution in [0.4, 0.5) is 11.5 Å². The number of carboxylic acids is 1. The fourth-order valence-electron chi connectivity index (χ4n) is 3.44. The first-order chi connectivity index (χ1) is 15.0. The molecule has 7 heteroatoms. The van der Waals surface area contributed by atoms with E-state index < -0.39 is 5.97 Å². The van der Waals surface area contributed by atoms with E-state index in [2.05, 4.69) is 29.4 Å². The topological polar surface area (TPSA) is 80.0 Å². The van der Waals surface area contributed by atoms with E-state index in [1.54, 1.807) is 41.3 Å². The van der Waals surface area contributed by atoms with Gasteiger partial charge in [-0.15, -0.1) is 0 Å². The summed E-state index contributed by atoms with van der Waals surface area (Å²) >= 11 is 6.48. The Morgan fingerprint density at radius 1 is 1.13 bits per heavy atom. The van der Waals surface area contributed by atoms with E-state index >= 15 is 0 Å². The number of rotatable bonds is 6. The molecular formula is C24H21ClN4O2. The van der Waals surface area contributed by atoms with Crippen molar-refractivity contribution < 1.29 is 9.90 Å². The molecule has 156 valence electrons. The van der Waals surface area contributed by atoms with Gasteiger partial charge in [-0.25, -0.2) is 9.48 Å². The molecule has 0 aliphatic carbocycles. The third kappa shape index (κ3) is 4.15. The summed E-state index contributed by atoms with van der Waals surface area (Å²) in [5, 5.41) is 18.1. The molecule has 0 aliphatic rings. The van der Waals surface area contributed by atoms with Gasteiger partial charge in [0.1, 0.15) is 5.82 Å². The van der Waals surface area contributed by atoms with Crippen molar-refractivity contribution in [3.05, 3.63) is 88.7 Å². The monoisotopic (exact) mass is 432 g/mol. The lowest BCUT2D eigenvalue weighted by Crippen LogP contribution is -2.08. The highest BCUT2D eigenvalue weighted by Crippen LogP contribution is 2.32. The van der Waals surface area contributed by atoms with E-state index in [9.17, 15) is 9.90 Å². The van der Waals surface area contributed by atoms with Gasteiger partial charge in [0.05, 0.1) is 27.7 Å². The van der Waals surface area contributed by atoms with Crippen molar-refractivity contribution >= 4 is 29.1 Å². The first-order valence-electron chi connectivity index (χ1n) is 9.87. The number of anilines is 2. The van der Waals surface area contributed by atoms with Crippen LogP contribution >= 0.6 is 11.6 Å². The molecule has 0 radical (unpaired) electrons. The van der Waals surface area contributed by atoms with Gasteiger partial charge in [0.25, 0.3) is 0 Å². The predicted octanol–water partition coefficient (Wildman–Crippen LogP) is 5.90. The second-order valence-electron chi connectivity index (χ2n) is 7.14. The highest BCUT2D eigenvalue weighted by Gasteiger charge is 2.18. The molecule has 2 heterocycles. The van der Waals surface area contributed by atoms with E-state index in [-0.39, 0.29) is 5.56 Å². The van der Waals surface area contributed by atoms with E-state index in [1.165, 1.54) is 5.56 Å². The molecule has 0 fully saturated rings. The SMILES string of the molecule is CCc1cccc(-c2cc(Nc3ccccc3C(=O)O)n(-c3c(C)cncc3Cl)n2)c1. The Morgan fingerprint density at radius 3 is 2.68 bits per heavy atom. The number of nitrogens with one attached hydrogen (secondary N) is 1. The molecule has 0 spiro atoms. The maximum Gasteiger partial charge on any atom is 0.337 e. The maximum atomic E-state index is 11.7. The molecule has 0 unspecified atom stereocenters. The van der Waals surface area contributed by atoms with Gasteiger partial charge < -0.3 is 10.4 Å². The van der Waals surface area contributed by atoms with Crippen LogP contribution < -0.4 is 5.32 Å². The van der Waals surface area contributed by atoms with Crippen molar-refractivity contribution in [2.45, 2.75) is 20.3 Å². The average molecular weight is 433 g/mol. The van der Waals surface area contributed by atoms with Crippen LogP contribution in [0.3, 0.4) is 0 Å². The van der Waals surface area contributed by atoms with Crippen LogP contribution in [-0.2, 0) is 6.42 Å². The lowest BCUT2D eigenvalue weighted by Gasteiger charge is -2.14. The van der Waals surface area contributed by atoms with Crippen molar-refractivity contribution in [2.24, 2.45) is 0 Å². The van der Waals surface area contributed by atoms with Gasteiger partial charge in [-0.1, -0.05) is 48.9 Å². The van der Waals surface area contributed by atoms with Gasteiger partial charge in [0, 0.05) is 24.0 Å². The molecule has 6 nitrogen and oxygen atoms in total. The van der Waals surface area contributed by atoms with E-state index in [1.807, 2.05) is 25.1 Å². The Balaban J connectivity index is 1.89. The summed E-state index contributed by atoms with van der Waals surface area (Å²) in [6, 6.07) is 16.8. The van der Waals surface area contributed by atoms with Crippen molar-refractivity contribution in [1.29, 1.82) is 0 Å². The molecule has 2 aromatic heterocycles. The molecule has 2 aromatic carbocycles. The van der Waals surface area contributed by atoms with Gasteiger partial charge in [-0.3, -0.25) is 4.98 Å². The molecule has 31 heavy (non-hydrogen) atoms. The fraction of sp³-hybridized carbons (Fsp3) is 0.125. The number of carbonyl (C=O) groups is 1. The summed E-state index contributed by atoms with van der Waals surface area (Å²) in [6.07, 6.45) is 4.20. The molecule has 4 aromatic rings. The van der Waals surface area contributed by atoms with Crippen LogP contribution in [0.2, 0.25) is 5.02 Å². The number of nitrogens with zero attached hydrogens (tertiary/aromatic N) is 3. The minimum absolute atomic E-state index is 0.169. The van der Waals surface area contributed by atoms with Crippen molar-refractivity contribution in [1.82, 2.24) is 14.8 Å². The number of aryl methyl sites for hydroxylation is 2. The maximum absolute atomic E-state index is 11.7. The molecule has 0 amide bonds. The Morgan fingerprint density at radius 2 is 1.94 bits per heavy atom. The van der Waals surface area contributed by atoms with Crippen molar-refractivity contribution in [3.8, 4) is 16.9 Å². The Kier molecular flexibility index (Phi) is 5.73. The number of benzene rings is 2. The number of hydrogen-bond acceptors (Lipinski definition) is 4. The second kappa shape index (κ2) is 8.62. The molecule has 0 atom stereocenters. The standard InChI is InChI=1S/C24H21ClN4O2/c1-3-16-7-6-8-17(11-16)21-12-22(27-20-10-5-4-9-18(20)24(30)31)29(28-21)23-15(2)13-26-14-19(23)25/h4-14,27H,3H2,1-2H3,(H,30,31). The van der Waals surface area contributed by atoms with Gasteiger partial charge in [0.15, 0.2) is 0 Å².